The van der Waals surface area contributed by atoms with E-state index in [0.717, 1.165) is 0 Å². The van der Waals surface area contributed by atoms with Crippen LogP contribution in [0.1, 0.15) is 15.9 Å². The van der Waals surface area contributed by atoms with Crippen molar-refractivity contribution in [2.75, 3.05) is 13.6 Å². The van der Waals surface area contributed by atoms with Crippen molar-refractivity contribution in [3.63, 3.8) is 0 Å². The Balaban J connectivity index is 3.11. The molecule has 0 amide bonds. The zero-order chi connectivity index (χ0) is 10.7. The molecule has 0 saturated heterocycles. The van der Waals surface area contributed by atoms with Crippen molar-refractivity contribution in [1.82, 2.24) is 5.32 Å². The lowest BCUT2D eigenvalue weighted by atomic mass is 10.1. The maximum absolute atomic E-state index is 13.3. The van der Waals surface area contributed by atoms with Gasteiger partial charge in [-0.3, -0.25) is 4.79 Å². The number of likely N-dealkylation sites (N-methyl/N-ethyl adjacent to an activating group) is 1. The van der Waals surface area contributed by atoms with Crippen LogP contribution in [0.4, 0.5) is 4.39 Å². The van der Waals surface area contributed by atoms with Gasteiger partial charge in [0.05, 0.1) is 11.6 Å². The molecule has 1 aromatic carbocycles. The number of nitrogens with one attached hydrogen (secondary N) is 1. The van der Waals surface area contributed by atoms with Gasteiger partial charge in [0.1, 0.15) is 5.82 Å². The zero-order valence-electron chi connectivity index (χ0n) is 8.03. The average Bonchev–Trinajstić information content (AvgIpc) is 2.15. The molecule has 0 spiro atoms. The number of ketones is 1. The fourth-order valence-corrected chi connectivity index (χ4v) is 1.43. The maximum atomic E-state index is 13.3. The summed E-state index contributed by atoms with van der Waals surface area (Å²) in [6.07, 6.45) is 0. The molecule has 0 bridgehead atoms. The summed E-state index contributed by atoms with van der Waals surface area (Å²) in [6, 6.07) is 3.09. The van der Waals surface area contributed by atoms with Crippen LogP contribution in [0, 0.1) is 12.7 Å². The number of aryl methyl sites for hydroxylation is 1. The van der Waals surface area contributed by atoms with Gasteiger partial charge in [0.25, 0.3) is 0 Å². The zero-order valence-corrected chi connectivity index (χ0v) is 8.78. The molecule has 1 aromatic rings. The van der Waals surface area contributed by atoms with E-state index in [1.165, 1.54) is 0 Å². The van der Waals surface area contributed by atoms with Gasteiger partial charge in [-0.15, -0.1) is 0 Å². The molecule has 2 nitrogen and oxygen atoms in total. The third-order valence-electron chi connectivity index (χ3n) is 1.91. The highest BCUT2D eigenvalue weighted by Crippen LogP contribution is 2.22. The molecular formula is C10H11ClFNO. The fraction of sp³-hybridized carbons (Fsp3) is 0.300. The number of carbonyl (C=O) groups excluding carboxylic acids is 1. The monoisotopic (exact) mass is 215 g/mol. The predicted molar refractivity (Wildman–Crippen MR) is 54.4 cm³/mol. The first kappa shape index (κ1) is 11.1. The van der Waals surface area contributed by atoms with E-state index in [1.807, 2.05) is 0 Å². The Bertz CT molecular complexity index is 365. The standard InChI is InChI=1S/C10H11ClFNO/c1-6-3-4-7(8(14)5-13-2)9(11)10(6)12/h3-4,13H,5H2,1-2H3. The minimum atomic E-state index is -0.520. The first-order chi connectivity index (χ1) is 6.57. The van der Waals surface area contributed by atoms with Crippen LogP contribution >= 0.6 is 11.6 Å². The quantitative estimate of drug-likeness (QED) is 0.784. The lowest BCUT2D eigenvalue weighted by Gasteiger charge is -2.05. The first-order valence-electron chi connectivity index (χ1n) is 4.20. The number of hydrogen-bond acceptors (Lipinski definition) is 2. The average molecular weight is 216 g/mol. The summed E-state index contributed by atoms with van der Waals surface area (Å²) >= 11 is 5.71. The first-order valence-corrected chi connectivity index (χ1v) is 4.58. The fourth-order valence-electron chi connectivity index (χ4n) is 1.12. The van der Waals surface area contributed by atoms with Crippen LogP contribution < -0.4 is 5.32 Å². The number of Topliss-reactive ketones (excluding diaryl/α,β-unsaturated/α-hetero) is 1. The van der Waals surface area contributed by atoms with E-state index in [4.69, 9.17) is 11.6 Å². The van der Waals surface area contributed by atoms with Crippen molar-refractivity contribution in [1.29, 1.82) is 0 Å². The molecule has 0 aliphatic rings. The van der Waals surface area contributed by atoms with Crippen molar-refractivity contribution < 1.29 is 9.18 Å². The molecule has 1 N–H and O–H groups in total. The van der Waals surface area contributed by atoms with Gasteiger partial charge in [0.2, 0.25) is 0 Å². The van der Waals surface area contributed by atoms with Gasteiger partial charge in [0, 0.05) is 5.56 Å². The molecule has 4 heteroatoms. The highest BCUT2D eigenvalue weighted by Gasteiger charge is 2.14. The third-order valence-corrected chi connectivity index (χ3v) is 2.28. The molecule has 0 radical (unpaired) electrons. The summed E-state index contributed by atoms with van der Waals surface area (Å²) < 4.78 is 13.3. The van der Waals surface area contributed by atoms with Crippen molar-refractivity contribution >= 4 is 17.4 Å². The molecule has 0 unspecified atom stereocenters. The molecule has 0 atom stereocenters. The van der Waals surface area contributed by atoms with Gasteiger partial charge in [-0.05, 0) is 25.6 Å². The lowest BCUT2D eigenvalue weighted by Crippen LogP contribution is -2.19. The van der Waals surface area contributed by atoms with E-state index in [9.17, 15) is 9.18 Å². The van der Waals surface area contributed by atoms with E-state index < -0.39 is 5.82 Å². The number of hydrogen-bond donors (Lipinski definition) is 1. The number of rotatable bonds is 3. The van der Waals surface area contributed by atoms with Crippen molar-refractivity contribution in [2.45, 2.75) is 6.92 Å². The van der Waals surface area contributed by atoms with E-state index in [0.29, 0.717) is 5.56 Å². The number of halogens is 2. The molecule has 14 heavy (non-hydrogen) atoms. The summed E-state index contributed by atoms with van der Waals surface area (Å²) in [5, 5.41) is 2.60. The Morgan fingerprint density at radius 2 is 2.21 bits per heavy atom. The second-order valence-corrected chi connectivity index (χ2v) is 3.39. The lowest BCUT2D eigenvalue weighted by molar-refractivity contribution is 0.0993. The molecule has 0 heterocycles. The van der Waals surface area contributed by atoms with E-state index >= 15 is 0 Å². The Morgan fingerprint density at radius 3 is 2.79 bits per heavy atom. The van der Waals surface area contributed by atoms with Crippen molar-refractivity contribution in [3.05, 3.63) is 34.1 Å². The van der Waals surface area contributed by atoms with Gasteiger partial charge in [-0.25, -0.2) is 4.39 Å². The highest BCUT2D eigenvalue weighted by molar-refractivity contribution is 6.34. The molecule has 0 aliphatic carbocycles. The van der Waals surface area contributed by atoms with Crippen LogP contribution in [0.3, 0.4) is 0 Å². The van der Waals surface area contributed by atoms with Gasteiger partial charge in [0.15, 0.2) is 5.78 Å². The molecule has 76 valence electrons. The summed E-state index contributed by atoms with van der Waals surface area (Å²) in [6.45, 7) is 1.76. The Kier molecular flexibility index (Phi) is 3.61. The topological polar surface area (TPSA) is 29.1 Å². The summed E-state index contributed by atoms with van der Waals surface area (Å²) in [5.74, 6) is -0.731. The minimum absolute atomic E-state index is 0.0924. The summed E-state index contributed by atoms with van der Waals surface area (Å²) in [4.78, 5) is 11.4. The molecule has 1 rings (SSSR count). The maximum Gasteiger partial charge on any atom is 0.178 e. The normalized spacial score (nSPS) is 10.3. The van der Waals surface area contributed by atoms with Crippen molar-refractivity contribution in [3.8, 4) is 0 Å². The molecule has 0 aromatic heterocycles. The highest BCUT2D eigenvalue weighted by atomic mass is 35.5. The second kappa shape index (κ2) is 4.53. The van der Waals surface area contributed by atoms with Crippen LogP contribution in [0.15, 0.2) is 12.1 Å². The molecule has 0 aliphatic heterocycles. The van der Waals surface area contributed by atoms with Crippen molar-refractivity contribution in [2.24, 2.45) is 0 Å². The smallest absolute Gasteiger partial charge is 0.178 e. The minimum Gasteiger partial charge on any atom is -0.313 e. The molecule has 0 saturated carbocycles. The van der Waals surface area contributed by atoms with Gasteiger partial charge < -0.3 is 5.32 Å². The van der Waals surface area contributed by atoms with Crippen LogP contribution in [0.25, 0.3) is 0 Å². The predicted octanol–water partition coefficient (Wildman–Crippen LogP) is 2.19. The van der Waals surface area contributed by atoms with Gasteiger partial charge in [-0.1, -0.05) is 17.7 Å². The summed E-state index contributed by atoms with van der Waals surface area (Å²) in [5.41, 5.74) is 0.667. The van der Waals surface area contributed by atoms with E-state index in [-0.39, 0.29) is 22.9 Å². The van der Waals surface area contributed by atoms with E-state index in [1.54, 1.807) is 26.1 Å². The SMILES string of the molecule is CNCC(=O)c1ccc(C)c(F)c1Cl. The van der Waals surface area contributed by atoms with Gasteiger partial charge >= 0.3 is 0 Å². The van der Waals surface area contributed by atoms with E-state index in [2.05, 4.69) is 5.32 Å². The second-order valence-electron chi connectivity index (χ2n) is 3.01. The Morgan fingerprint density at radius 1 is 1.57 bits per heavy atom. The number of benzene rings is 1. The largest absolute Gasteiger partial charge is 0.313 e. The number of carbonyl (C=O) groups is 1. The Labute approximate surface area is 87.1 Å². The van der Waals surface area contributed by atoms with Crippen LogP contribution in [0.2, 0.25) is 5.02 Å². The van der Waals surface area contributed by atoms with Crippen LogP contribution in [-0.2, 0) is 0 Å². The van der Waals surface area contributed by atoms with Gasteiger partial charge in [-0.2, -0.15) is 0 Å². The molecular weight excluding hydrogens is 205 g/mol. The third kappa shape index (κ3) is 2.11. The van der Waals surface area contributed by atoms with Crippen LogP contribution in [-0.4, -0.2) is 19.4 Å². The summed E-state index contributed by atoms with van der Waals surface area (Å²) in [7, 11) is 1.65. The van der Waals surface area contributed by atoms with Crippen LogP contribution in [0.5, 0.6) is 0 Å². The molecule has 0 fully saturated rings. The Hall–Kier alpha value is -0.930.